The second kappa shape index (κ2) is 12.9. The van der Waals surface area contributed by atoms with E-state index in [-0.39, 0.29) is 23.1 Å². The van der Waals surface area contributed by atoms with Crippen molar-refractivity contribution in [3.05, 3.63) is 64.0 Å². The van der Waals surface area contributed by atoms with Gasteiger partial charge in [-0.05, 0) is 42.3 Å². The molecule has 0 atom stereocenters. The second-order valence-corrected chi connectivity index (χ2v) is 10.9. The van der Waals surface area contributed by atoms with Gasteiger partial charge in [-0.15, -0.1) is 23.1 Å². The Morgan fingerprint density at radius 1 is 0.975 bits per heavy atom. The van der Waals surface area contributed by atoms with E-state index >= 15 is 0 Å². The third kappa shape index (κ3) is 6.40. The minimum absolute atomic E-state index is 0.0406. The molecule has 12 heteroatoms. The number of anilines is 2. The molecule has 0 radical (unpaired) electrons. The fourth-order valence-electron chi connectivity index (χ4n) is 4.32. The number of nitrogens with one attached hydrogen (secondary N) is 2. The van der Waals surface area contributed by atoms with E-state index in [9.17, 15) is 19.2 Å². The van der Waals surface area contributed by atoms with Gasteiger partial charge >= 0.3 is 5.97 Å². The standard InChI is InChI=1S/C28H29N3O7S2/c1-16(32)31-12-11-19-22(14-31)40-27(24(19)28(35)38-4)30-23(33)15-39-18-8-5-7-17(13-18)29-26(34)25-20(36-2)9-6-10-21(25)37-3/h5-10,13H,11-12,14-15H2,1-4H3,(H,29,34)(H,30,33). The number of benzene rings is 2. The molecule has 2 heterocycles. The number of hydrogen-bond acceptors (Lipinski definition) is 9. The Balaban J connectivity index is 1.43. The number of amides is 3. The fourth-order valence-corrected chi connectivity index (χ4v) is 6.34. The van der Waals surface area contributed by atoms with Crippen molar-refractivity contribution >= 4 is 57.5 Å². The van der Waals surface area contributed by atoms with E-state index in [1.165, 1.54) is 51.4 Å². The van der Waals surface area contributed by atoms with E-state index < -0.39 is 11.9 Å². The zero-order valence-electron chi connectivity index (χ0n) is 22.5. The number of thiophene rings is 1. The Bertz CT molecular complexity index is 1430. The van der Waals surface area contributed by atoms with Crippen LogP contribution in [0.4, 0.5) is 10.7 Å². The minimum Gasteiger partial charge on any atom is -0.496 e. The van der Waals surface area contributed by atoms with Gasteiger partial charge in [0.15, 0.2) is 0 Å². The monoisotopic (exact) mass is 583 g/mol. The number of methoxy groups -OCH3 is 3. The molecule has 10 nitrogen and oxygen atoms in total. The maximum absolute atomic E-state index is 13.0. The third-order valence-corrected chi connectivity index (χ3v) is 8.39. The maximum Gasteiger partial charge on any atom is 0.341 e. The molecule has 1 aromatic heterocycles. The van der Waals surface area contributed by atoms with Crippen LogP contribution in [-0.2, 0) is 27.3 Å². The van der Waals surface area contributed by atoms with Crippen LogP contribution in [0.25, 0.3) is 0 Å². The molecule has 0 aliphatic carbocycles. The van der Waals surface area contributed by atoms with E-state index in [1.54, 1.807) is 41.3 Å². The molecule has 0 fully saturated rings. The highest BCUT2D eigenvalue weighted by Crippen LogP contribution is 2.38. The van der Waals surface area contributed by atoms with E-state index in [0.29, 0.717) is 47.3 Å². The van der Waals surface area contributed by atoms with Crippen molar-refractivity contribution < 1.29 is 33.4 Å². The normalized spacial score (nSPS) is 12.2. The third-order valence-electron chi connectivity index (χ3n) is 6.26. The molecule has 2 aromatic carbocycles. The first-order valence-corrected chi connectivity index (χ1v) is 14.1. The van der Waals surface area contributed by atoms with Gasteiger partial charge in [-0.1, -0.05) is 12.1 Å². The first-order chi connectivity index (χ1) is 19.2. The van der Waals surface area contributed by atoms with Crippen molar-refractivity contribution in [1.29, 1.82) is 0 Å². The first kappa shape index (κ1) is 29.0. The van der Waals surface area contributed by atoms with Crippen molar-refractivity contribution in [3.8, 4) is 11.5 Å². The van der Waals surface area contributed by atoms with Crippen LogP contribution in [-0.4, -0.2) is 62.2 Å². The molecule has 210 valence electrons. The summed E-state index contributed by atoms with van der Waals surface area (Å²) in [6, 6.07) is 12.2. The highest BCUT2D eigenvalue weighted by atomic mass is 32.2. The van der Waals surface area contributed by atoms with Gasteiger partial charge < -0.3 is 29.7 Å². The van der Waals surface area contributed by atoms with Crippen LogP contribution in [0, 0.1) is 0 Å². The fraction of sp³-hybridized carbons (Fsp3) is 0.286. The van der Waals surface area contributed by atoms with Crippen molar-refractivity contribution in [2.75, 3.05) is 44.3 Å². The van der Waals surface area contributed by atoms with Crippen molar-refractivity contribution in [2.45, 2.75) is 24.8 Å². The maximum atomic E-state index is 13.0. The number of carbonyl (C=O) groups excluding carboxylic acids is 4. The quantitative estimate of drug-likeness (QED) is 0.280. The van der Waals surface area contributed by atoms with E-state index in [1.807, 2.05) is 6.07 Å². The summed E-state index contributed by atoms with van der Waals surface area (Å²) >= 11 is 2.57. The molecule has 0 saturated carbocycles. The average molecular weight is 584 g/mol. The molecule has 2 N–H and O–H groups in total. The molecule has 40 heavy (non-hydrogen) atoms. The highest BCUT2D eigenvalue weighted by Gasteiger charge is 2.30. The SMILES string of the molecule is COC(=O)c1c(NC(=O)CSc2cccc(NC(=O)c3c(OC)cccc3OC)c2)sc2c1CCN(C(C)=O)C2. The number of ether oxygens (including phenoxy) is 3. The number of esters is 1. The molecule has 3 amide bonds. The summed E-state index contributed by atoms with van der Waals surface area (Å²) in [5.74, 6) is -0.419. The predicted octanol–water partition coefficient (Wildman–Crippen LogP) is 4.44. The lowest BCUT2D eigenvalue weighted by molar-refractivity contribution is -0.129. The van der Waals surface area contributed by atoms with Gasteiger partial charge in [-0.25, -0.2) is 4.79 Å². The van der Waals surface area contributed by atoms with Gasteiger partial charge in [0.2, 0.25) is 11.8 Å². The number of carbonyl (C=O) groups is 4. The van der Waals surface area contributed by atoms with Gasteiger partial charge in [-0.2, -0.15) is 0 Å². The summed E-state index contributed by atoms with van der Waals surface area (Å²) in [4.78, 5) is 53.6. The molecule has 0 unspecified atom stereocenters. The molecule has 1 aliphatic heterocycles. The molecule has 0 saturated heterocycles. The second-order valence-electron chi connectivity index (χ2n) is 8.75. The molecular formula is C28H29N3O7S2. The Labute approximate surface area is 240 Å². The van der Waals surface area contributed by atoms with Crippen LogP contribution in [0.5, 0.6) is 11.5 Å². The Morgan fingerprint density at radius 2 is 1.68 bits per heavy atom. The minimum atomic E-state index is -0.521. The van der Waals surface area contributed by atoms with Gasteiger partial charge in [0, 0.05) is 28.9 Å². The van der Waals surface area contributed by atoms with Crippen molar-refractivity contribution in [3.63, 3.8) is 0 Å². The highest BCUT2D eigenvalue weighted by molar-refractivity contribution is 8.00. The Hall–Kier alpha value is -4.03. The Kier molecular flexibility index (Phi) is 9.33. The van der Waals surface area contributed by atoms with Crippen LogP contribution < -0.4 is 20.1 Å². The van der Waals surface area contributed by atoms with Gasteiger partial charge in [-0.3, -0.25) is 14.4 Å². The summed E-state index contributed by atoms with van der Waals surface area (Å²) in [6.07, 6.45) is 0.514. The average Bonchev–Trinajstić information content (AvgIpc) is 3.32. The zero-order chi connectivity index (χ0) is 28.8. The molecule has 1 aliphatic rings. The lowest BCUT2D eigenvalue weighted by Gasteiger charge is -2.25. The molecule has 4 rings (SSSR count). The largest absolute Gasteiger partial charge is 0.496 e. The molecule has 0 spiro atoms. The lowest BCUT2D eigenvalue weighted by atomic mass is 10.0. The molecule has 3 aromatic rings. The number of hydrogen-bond donors (Lipinski definition) is 2. The summed E-state index contributed by atoms with van der Waals surface area (Å²) in [5, 5.41) is 6.11. The number of rotatable bonds is 9. The number of fused-ring (bicyclic) bond motifs is 1. The van der Waals surface area contributed by atoms with Crippen LogP contribution in [0.1, 0.15) is 38.1 Å². The molecular weight excluding hydrogens is 554 g/mol. The summed E-state index contributed by atoms with van der Waals surface area (Å²) in [5.41, 5.74) is 1.97. The lowest BCUT2D eigenvalue weighted by Crippen LogP contribution is -2.33. The van der Waals surface area contributed by atoms with E-state index in [2.05, 4.69) is 10.6 Å². The molecule has 0 bridgehead atoms. The van der Waals surface area contributed by atoms with E-state index in [4.69, 9.17) is 14.2 Å². The van der Waals surface area contributed by atoms with Gasteiger partial charge in [0.25, 0.3) is 5.91 Å². The summed E-state index contributed by atoms with van der Waals surface area (Å²) < 4.78 is 15.6. The Morgan fingerprint density at radius 3 is 2.33 bits per heavy atom. The predicted molar refractivity (Wildman–Crippen MR) is 154 cm³/mol. The topological polar surface area (TPSA) is 123 Å². The smallest absolute Gasteiger partial charge is 0.341 e. The summed E-state index contributed by atoms with van der Waals surface area (Å²) in [7, 11) is 4.26. The number of thioether (sulfide) groups is 1. The van der Waals surface area contributed by atoms with Gasteiger partial charge in [0.05, 0.1) is 39.2 Å². The van der Waals surface area contributed by atoms with Crippen molar-refractivity contribution in [1.82, 2.24) is 4.90 Å². The zero-order valence-corrected chi connectivity index (χ0v) is 24.1. The summed E-state index contributed by atoms with van der Waals surface area (Å²) in [6.45, 7) is 2.40. The van der Waals surface area contributed by atoms with Gasteiger partial charge in [0.1, 0.15) is 22.1 Å². The number of nitrogens with zero attached hydrogens (tertiary/aromatic N) is 1. The van der Waals surface area contributed by atoms with Crippen LogP contribution >= 0.6 is 23.1 Å². The van der Waals surface area contributed by atoms with Crippen LogP contribution in [0.15, 0.2) is 47.4 Å². The van der Waals surface area contributed by atoms with Crippen LogP contribution in [0.2, 0.25) is 0 Å². The first-order valence-electron chi connectivity index (χ1n) is 12.3. The van der Waals surface area contributed by atoms with E-state index in [0.717, 1.165) is 15.3 Å². The van der Waals surface area contributed by atoms with Crippen molar-refractivity contribution in [2.24, 2.45) is 0 Å². The van der Waals surface area contributed by atoms with Crippen LogP contribution in [0.3, 0.4) is 0 Å².